The van der Waals surface area contributed by atoms with Gasteiger partial charge < -0.3 is 0 Å². The molecule has 2 nitrogen and oxygen atoms in total. The fraction of sp³-hybridized carbons (Fsp3) is 1.00. The second kappa shape index (κ2) is 2.46. The summed E-state index contributed by atoms with van der Waals surface area (Å²) in [7, 11) is 0. The summed E-state index contributed by atoms with van der Waals surface area (Å²) in [6, 6.07) is 0.844. The Hall–Kier alpha value is 1.38. The van der Waals surface area contributed by atoms with Gasteiger partial charge in [0.2, 0.25) is 0 Å². The van der Waals surface area contributed by atoms with Crippen LogP contribution in [-0.4, -0.2) is 22.2 Å². The third kappa shape index (κ3) is 1.12. The first kappa shape index (κ1) is 7.05. The van der Waals surface area contributed by atoms with E-state index in [1.165, 1.54) is 13.1 Å². The molecule has 1 saturated carbocycles. The van der Waals surface area contributed by atoms with Crippen LogP contribution in [0.2, 0.25) is 0 Å². The molecule has 0 aromatic rings. The van der Waals surface area contributed by atoms with Crippen molar-refractivity contribution in [3.8, 4) is 0 Å². The molecule has 0 bridgehead atoms. The maximum absolute atomic E-state index is 3.30. The number of nitrogens with zero attached hydrogens (tertiary/aromatic N) is 1. The highest BCUT2D eigenvalue weighted by molar-refractivity contribution is 14.1. The van der Waals surface area contributed by atoms with Crippen LogP contribution in [0.5, 0.6) is 0 Å². The third-order valence-electron chi connectivity index (χ3n) is 2.28. The second-order valence-corrected chi connectivity index (χ2v) is 4.78. The molecule has 1 aliphatic carbocycles. The van der Waals surface area contributed by atoms with Gasteiger partial charge in [-0.1, -0.05) is 0 Å². The Balaban J connectivity index is 1.91. The number of hydrogen-bond donors (Lipinski definition) is 1. The molecule has 2 fully saturated rings. The van der Waals surface area contributed by atoms with Crippen molar-refractivity contribution in [1.82, 2.24) is 6.64 Å². The summed E-state index contributed by atoms with van der Waals surface area (Å²) in [5, 5.41) is 0. The number of rotatable bonds is 1. The monoisotopic (exact) mass is 350 g/mol. The minimum absolute atomic E-state index is 0.844. The summed E-state index contributed by atoms with van der Waals surface area (Å²) in [4.78, 5) is 0. The molecule has 9 heavy (non-hydrogen) atoms. The highest BCUT2D eigenvalue weighted by Crippen LogP contribution is 2.46. The van der Waals surface area contributed by atoms with Crippen LogP contribution in [-0.2, 0) is 0 Å². The summed E-state index contributed by atoms with van der Waals surface area (Å²) >= 11 is 4.67. The molecule has 1 saturated heterocycles. The molecular weight excluding hydrogens is 342 g/mol. The molecule has 0 aromatic heterocycles. The van der Waals surface area contributed by atoms with E-state index in [2.05, 4.69) is 52.4 Å². The fourth-order valence-electron chi connectivity index (χ4n) is 1.64. The second-order valence-electron chi connectivity index (χ2n) is 2.79. The minimum Gasteiger partial charge on any atom is -0.257 e. The van der Waals surface area contributed by atoms with Gasteiger partial charge in [0.25, 0.3) is 0 Å². The molecule has 3 atom stereocenters. The van der Waals surface area contributed by atoms with Crippen LogP contribution in [0.1, 0.15) is 0 Å². The number of hydrogen-bond acceptors (Lipinski definition) is 2. The van der Waals surface area contributed by atoms with Crippen molar-refractivity contribution in [3.63, 3.8) is 0 Å². The summed E-state index contributed by atoms with van der Waals surface area (Å²) in [5.74, 6) is 1.94. The average Bonchev–Trinajstić information content (AvgIpc) is 2.30. The van der Waals surface area contributed by atoms with E-state index in [0.717, 1.165) is 17.9 Å². The van der Waals surface area contributed by atoms with Gasteiger partial charge in [0.15, 0.2) is 0 Å². The highest BCUT2D eigenvalue weighted by Gasteiger charge is 2.54. The molecular formula is C5H8I2N2. The van der Waals surface area contributed by atoms with Crippen molar-refractivity contribution < 1.29 is 0 Å². The predicted molar refractivity (Wildman–Crippen MR) is 53.5 cm³/mol. The van der Waals surface area contributed by atoms with Crippen molar-refractivity contribution in [2.75, 3.05) is 13.1 Å². The number of piperidine rings is 1. The van der Waals surface area contributed by atoms with Gasteiger partial charge in [0.05, 0.1) is 0 Å². The van der Waals surface area contributed by atoms with Gasteiger partial charge >= 0.3 is 0 Å². The van der Waals surface area contributed by atoms with E-state index >= 15 is 0 Å². The summed E-state index contributed by atoms with van der Waals surface area (Å²) < 4.78 is 5.69. The van der Waals surface area contributed by atoms with Crippen LogP contribution in [0.15, 0.2) is 0 Å². The van der Waals surface area contributed by atoms with E-state index in [9.17, 15) is 0 Å². The largest absolute Gasteiger partial charge is 0.257 e. The van der Waals surface area contributed by atoms with Crippen LogP contribution < -0.4 is 3.53 Å². The summed E-state index contributed by atoms with van der Waals surface area (Å²) in [6.07, 6.45) is 0. The van der Waals surface area contributed by atoms with Crippen molar-refractivity contribution >= 4 is 45.7 Å². The van der Waals surface area contributed by atoms with Gasteiger partial charge in [-0.15, -0.1) is 0 Å². The fourth-order valence-corrected chi connectivity index (χ4v) is 3.47. The van der Waals surface area contributed by atoms with Gasteiger partial charge in [-0.2, -0.15) is 0 Å². The topological polar surface area (TPSA) is 15.3 Å². The lowest BCUT2D eigenvalue weighted by Crippen LogP contribution is -2.19. The smallest absolute Gasteiger partial charge is 0.0252 e. The Bertz CT molecular complexity index is 118. The normalized spacial score (nSPS) is 49.3. The zero-order chi connectivity index (χ0) is 6.43. The standard InChI is InChI=1S/C5H8I2N2/c6-8-5-3-1-9(7)2-4(3)5/h3-5,8H,1-2H2/t3-,4?,5?/m0/s1. The molecule has 4 heteroatoms. The summed E-state index contributed by atoms with van der Waals surface area (Å²) in [5.41, 5.74) is 0. The van der Waals surface area contributed by atoms with Crippen LogP contribution >= 0.6 is 45.7 Å². The van der Waals surface area contributed by atoms with Gasteiger partial charge in [0.1, 0.15) is 0 Å². The van der Waals surface area contributed by atoms with Crippen molar-refractivity contribution in [2.45, 2.75) is 6.04 Å². The number of nitrogens with one attached hydrogen (secondary N) is 1. The van der Waals surface area contributed by atoms with Crippen LogP contribution in [0.25, 0.3) is 0 Å². The van der Waals surface area contributed by atoms with Crippen molar-refractivity contribution in [2.24, 2.45) is 11.8 Å². The first-order valence-corrected chi connectivity index (χ1v) is 5.14. The minimum atomic E-state index is 0.844. The van der Waals surface area contributed by atoms with Crippen LogP contribution in [0, 0.1) is 11.8 Å². The van der Waals surface area contributed by atoms with Crippen molar-refractivity contribution in [1.29, 1.82) is 0 Å². The lowest BCUT2D eigenvalue weighted by molar-refractivity contribution is 0.527. The Morgan fingerprint density at radius 2 is 1.89 bits per heavy atom. The molecule has 0 amide bonds. The van der Waals surface area contributed by atoms with Gasteiger partial charge in [0, 0.05) is 64.9 Å². The molecule has 0 radical (unpaired) electrons. The Morgan fingerprint density at radius 1 is 1.33 bits per heavy atom. The lowest BCUT2D eigenvalue weighted by atomic mass is 10.4. The maximum atomic E-state index is 3.30. The molecule has 1 aliphatic heterocycles. The zero-order valence-electron chi connectivity index (χ0n) is 4.85. The van der Waals surface area contributed by atoms with E-state index in [1.807, 2.05) is 0 Å². The predicted octanol–water partition coefficient (Wildman–Crippen LogP) is 1.21. The van der Waals surface area contributed by atoms with Gasteiger partial charge in [-0.25, -0.2) is 3.11 Å². The third-order valence-corrected chi connectivity index (χ3v) is 3.78. The number of fused-ring (bicyclic) bond motifs is 1. The zero-order valence-corrected chi connectivity index (χ0v) is 9.16. The molecule has 2 unspecified atom stereocenters. The van der Waals surface area contributed by atoms with E-state index in [4.69, 9.17) is 0 Å². The van der Waals surface area contributed by atoms with Crippen LogP contribution in [0.4, 0.5) is 0 Å². The van der Waals surface area contributed by atoms with Crippen LogP contribution in [0.3, 0.4) is 0 Å². The Labute approximate surface area is 82.7 Å². The molecule has 0 aromatic carbocycles. The molecule has 1 heterocycles. The Morgan fingerprint density at radius 3 is 2.33 bits per heavy atom. The SMILES string of the molecule is INC1C2CN(I)C[C@@H]21. The van der Waals surface area contributed by atoms with Crippen molar-refractivity contribution in [3.05, 3.63) is 0 Å². The molecule has 52 valence electrons. The molecule has 1 N–H and O–H groups in total. The van der Waals surface area contributed by atoms with E-state index in [-0.39, 0.29) is 0 Å². The first-order chi connectivity index (χ1) is 4.33. The van der Waals surface area contributed by atoms with Gasteiger partial charge in [-0.05, 0) is 11.8 Å². The molecule has 0 spiro atoms. The van der Waals surface area contributed by atoms with E-state index in [1.54, 1.807) is 0 Å². The first-order valence-electron chi connectivity index (χ1n) is 3.10. The molecule has 2 aliphatic rings. The number of halogens is 2. The summed E-state index contributed by atoms with van der Waals surface area (Å²) in [6.45, 7) is 2.60. The average molecular weight is 350 g/mol. The van der Waals surface area contributed by atoms with E-state index in [0.29, 0.717) is 0 Å². The quantitative estimate of drug-likeness (QED) is 0.565. The highest BCUT2D eigenvalue weighted by atomic mass is 127. The van der Waals surface area contributed by atoms with Gasteiger partial charge in [-0.3, -0.25) is 3.53 Å². The van der Waals surface area contributed by atoms with E-state index < -0.39 is 0 Å². The molecule has 2 rings (SSSR count). The Kier molecular flexibility index (Phi) is 1.92. The lowest BCUT2D eigenvalue weighted by Gasteiger charge is -2.08. The maximum Gasteiger partial charge on any atom is 0.0252 e.